The van der Waals surface area contributed by atoms with Crippen LogP contribution < -0.4 is 5.32 Å². The quantitative estimate of drug-likeness (QED) is 0.834. The first-order valence-corrected chi connectivity index (χ1v) is 6.36. The average molecular weight is 333 g/mol. The molecule has 0 aromatic heterocycles. The number of anilines is 1. The molecule has 18 heavy (non-hydrogen) atoms. The Kier molecular flexibility index (Phi) is 4.19. The van der Waals surface area contributed by atoms with Crippen molar-refractivity contribution in [3.63, 3.8) is 0 Å². The lowest BCUT2D eigenvalue weighted by molar-refractivity contribution is 0.602. The second-order valence-electron chi connectivity index (χ2n) is 3.71. The number of hydrogen-bond donors (Lipinski definition) is 1. The third-order valence-corrected chi connectivity index (χ3v) is 3.27. The molecule has 0 heterocycles. The first-order valence-electron chi connectivity index (χ1n) is 5.19. The first-order chi connectivity index (χ1) is 8.56. The predicted octanol–water partition coefficient (Wildman–Crippen LogP) is 4.99. The maximum Gasteiger partial charge on any atom is 0.146 e. The van der Waals surface area contributed by atoms with E-state index in [0.717, 1.165) is 28.2 Å². The van der Waals surface area contributed by atoms with Crippen LogP contribution in [-0.4, -0.2) is 0 Å². The number of halogens is 4. The van der Waals surface area contributed by atoms with Crippen LogP contribution in [0.2, 0.25) is 5.02 Å². The molecule has 1 N–H and O–H groups in total. The van der Waals surface area contributed by atoms with Gasteiger partial charge in [0.2, 0.25) is 0 Å². The maximum atomic E-state index is 13.4. The second kappa shape index (κ2) is 5.67. The second-order valence-corrected chi connectivity index (χ2v) is 5.04. The Labute approximate surface area is 117 Å². The van der Waals surface area contributed by atoms with Gasteiger partial charge in [-0.25, -0.2) is 8.78 Å². The van der Waals surface area contributed by atoms with Gasteiger partial charge in [0.1, 0.15) is 11.6 Å². The summed E-state index contributed by atoms with van der Waals surface area (Å²) in [4.78, 5) is 0. The SMILES string of the molecule is Fc1ccc(F)c(NCc2cc(Br)ccc2Cl)c1. The predicted molar refractivity (Wildman–Crippen MR) is 72.8 cm³/mol. The summed E-state index contributed by atoms with van der Waals surface area (Å²) >= 11 is 9.33. The van der Waals surface area contributed by atoms with Crippen molar-refractivity contribution in [1.29, 1.82) is 0 Å². The molecule has 0 saturated carbocycles. The highest BCUT2D eigenvalue weighted by Gasteiger charge is 2.05. The van der Waals surface area contributed by atoms with Crippen molar-refractivity contribution in [3.8, 4) is 0 Å². The van der Waals surface area contributed by atoms with Crippen LogP contribution in [-0.2, 0) is 6.54 Å². The Hall–Kier alpha value is -1.13. The lowest BCUT2D eigenvalue weighted by Crippen LogP contribution is -2.02. The maximum absolute atomic E-state index is 13.4. The molecule has 0 radical (unpaired) electrons. The number of benzene rings is 2. The molecule has 0 bridgehead atoms. The van der Waals surface area contributed by atoms with E-state index < -0.39 is 11.6 Å². The largest absolute Gasteiger partial charge is 0.378 e. The van der Waals surface area contributed by atoms with Gasteiger partial charge in [0.15, 0.2) is 0 Å². The fourth-order valence-electron chi connectivity index (χ4n) is 1.50. The van der Waals surface area contributed by atoms with E-state index in [1.54, 1.807) is 6.07 Å². The Bertz CT molecular complexity index is 523. The van der Waals surface area contributed by atoms with Gasteiger partial charge in [0.25, 0.3) is 0 Å². The lowest BCUT2D eigenvalue weighted by Gasteiger charge is -2.09. The molecule has 0 atom stereocenters. The standard InChI is InChI=1S/C13H9BrClF2N/c14-9-1-3-11(15)8(5-9)7-18-13-6-10(16)2-4-12(13)17/h1-6,18H,7H2. The summed E-state index contributed by atoms with van der Waals surface area (Å²) < 4.78 is 27.2. The first kappa shape index (κ1) is 13.3. The van der Waals surface area contributed by atoms with E-state index in [4.69, 9.17) is 11.6 Å². The van der Waals surface area contributed by atoms with Gasteiger partial charge in [-0.05, 0) is 42.0 Å². The van der Waals surface area contributed by atoms with Gasteiger partial charge in [-0.2, -0.15) is 0 Å². The molecule has 0 aliphatic rings. The minimum absolute atomic E-state index is 0.117. The summed E-state index contributed by atoms with van der Waals surface area (Å²) in [6.45, 7) is 0.318. The topological polar surface area (TPSA) is 12.0 Å². The monoisotopic (exact) mass is 331 g/mol. The van der Waals surface area contributed by atoms with Crippen molar-refractivity contribution in [2.45, 2.75) is 6.54 Å². The number of nitrogens with one attached hydrogen (secondary N) is 1. The van der Waals surface area contributed by atoms with Crippen molar-refractivity contribution in [3.05, 3.63) is 63.1 Å². The summed E-state index contributed by atoms with van der Waals surface area (Å²) in [6.07, 6.45) is 0. The lowest BCUT2D eigenvalue weighted by atomic mass is 10.2. The summed E-state index contributed by atoms with van der Waals surface area (Å²) in [7, 11) is 0. The van der Waals surface area contributed by atoms with Gasteiger partial charge < -0.3 is 5.32 Å². The van der Waals surface area contributed by atoms with Gasteiger partial charge in [0, 0.05) is 16.0 Å². The van der Waals surface area contributed by atoms with Crippen LogP contribution in [0.3, 0.4) is 0 Å². The molecule has 0 saturated heterocycles. The Morgan fingerprint density at radius 3 is 2.67 bits per heavy atom. The van der Waals surface area contributed by atoms with Crippen LogP contribution in [0.1, 0.15) is 5.56 Å². The van der Waals surface area contributed by atoms with Crippen molar-refractivity contribution in [2.24, 2.45) is 0 Å². The Morgan fingerprint density at radius 1 is 1.11 bits per heavy atom. The molecular formula is C13H9BrClF2N. The van der Waals surface area contributed by atoms with E-state index in [9.17, 15) is 8.78 Å². The Balaban J connectivity index is 2.16. The smallest absolute Gasteiger partial charge is 0.146 e. The van der Waals surface area contributed by atoms with Crippen LogP contribution in [0.5, 0.6) is 0 Å². The van der Waals surface area contributed by atoms with E-state index >= 15 is 0 Å². The van der Waals surface area contributed by atoms with E-state index in [1.807, 2.05) is 12.1 Å². The van der Waals surface area contributed by atoms with Gasteiger partial charge in [-0.15, -0.1) is 0 Å². The van der Waals surface area contributed by atoms with Crippen LogP contribution in [0.25, 0.3) is 0 Å². The molecule has 2 aromatic carbocycles. The molecule has 1 nitrogen and oxygen atoms in total. The van der Waals surface area contributed by atoms with Crippen molar-refractivity contribution < 1.29 is 8.78 Å². The molecule has 0 aliphatic heterocycles. The van der Waals surface area contributed by atoms with E-state index in [1.165, 1.54) is 0 Å². The van der Waals surface area contributed by atoms with E-state index in [2.05, 4.69) is 21.2 Å². The molecular weight excluding hydrogens is 324 g/mol. The third-order valence-electron chi connectivity index (χ3n) is 2.41. The van der Waals surface area contributed by atoms with Crippen molar-refractivity contribution >= 4 is 33.2 Å². The van der Waals surface area contributed by atoms with Crippen molar-refractivity contribution in [1.82, 2.24) is 0 Å². The highest BCUT2D eigenvalue weighted by Crippen LogP contribution is 2.23. The minimum atomic E-state index is -0.498. The zero-order valence-electron chi connectivity index (χ0n) is 9.18. The van der Waals surface area contributed by atoms with Crippen LogP contribution in [0.4, 0.5) is 14.5 Å². The molecule has 0 aliphatic carbocycles. The normalized spacial score (nSPS) is 10.4. The van der Waals surface area contributed by atoms with E-state index in [-0.39, 0.29) is 5.69 Å². The molecule has 0 fully saturated rings. The van der Waals surface area contributed by atoms with Crippen LogP contribution >= 0.6 is 27.5 Å². The van der Waals surface area contributed by atoms with Crippen LogP contribution in [0.15, 0.2) is 40.9 Å². The third kappa shape index (κ3) is 3.21. The summed E-state index contributed by atoms with van der Waals surface area (Å²) in [5.41, 5.74) is 0.917. The highest BCUT2D eigenvalue weighted by molar-refractivity contribution is 9.10. The molecule has 2 rings (SSSR count). The van der Waals surface area contributed by atoms with E-state index in [0.29, 0.717) is 11.6 Å². The van der Waals surface area contributed by atoms with Gasteiger partial charge in [0.05, 0.1) is 5.69 Å². The number of hydrogen-bond acceptors (Lipinski definition) is 1. The average Bonchev–Trinajstić information content (AvgIpc) is 2.34. The fourth-order valence-corrected chi connectivity index (χ4v) is 2.10. The summed E-state index contributed by atoms with van der Waals surface area (Å²) in [5, 5.41) is 3.39. The zero-order valence-corrected chi connectivity index (χ0v) is 11.5. The molecule has 5 heteroatoms. The number of rotatable bonds is 3. The van der Waals surface area contributed by atoms with Crippen molar-refractivity contribution in [2.75, 3.05) is 5.32 Å². The highest BCUT2D eigenvalue weighted by atomic mass is 79.9. The fraction of sp³-hybridized carbons (Fsp3) is 0.0769. The zero-order chi connectivity index (χ0) is 13.1. The van der Waals surface area contributed by atoms with Gasteiger partial charge in [-0.1, -0.05) is 27.5 Å². The Morgan fingerprint density at radius 2 is 1.89 bits per heavy atom. The molecule has 0 amide bonds. The summed E-state index contributed by atoms with van der Waals surface area (Å²) in [5.74, 6) is -0.984. The molecule has 0 spiro atoms. The van der Waals surface area contributed by atoms with Crippen LogP contribution in [0, 0.1) is 11.6 Å². The molecule has 2 aromatic rings. The van der Waals surface area contributed by atoms with Gasteiger partial charge >= 0.3 is 0 Å². The van der Waals surface area contributed by atoms with Gasteiger partial charge in [-0.3, -0.25) is 0 Å². The minimum Gasteiger partial charge on any atom is -0.378 e. The molecule has 94 valence electrons. The summed E-state index contributed by atoms with van der Waals surface area (Å²) in [6, 6.07) is 8.65. The molecule has 0 unspecified atom stereocenters.